The zero-order valence-corrected chi connectivity index (χ0v) is 15.1. The number of rotatable bonds is 7. The molecule has 26 heavy (non-hydrogen) atoms. The summed E-state index contributed by atoms with van der Waals surface area (Å²) in [6.45, 7) is 4.28. The molecule has 0 saturated carbocycles. The van der Waals surface area contributed by atoms with Crippen LogP contribution in [0.2, 0.25) is 0 Å². The molecular weight excluding hydrogens is 326 g/mol. The fraction of sp³-hybridized carbons (Fsp3) is 0.381. The first-order valence-electron chi connectivity index (χ1n) is 8.98. The maximum Gasteiger partial charge on any atom is 0.161 e. The lowest BCUT2D eigenvalue weighted by Gasteiger charge is -2.34. The molecule has 0 aromatic heterocycles. The molecule has 0 unspecified atom stereocenters. The van der Waals surface area contributed by atoms with Gasteiger partial charge in [0.05, 0.1) is 19.6 Å². The van der Waals surface area contributed by atoms with E-state index >= 15 is 0 Å². The predicted molar refractivity (Wildman–Crippen MR) is 101 cm³/mol. The van der Waals surface area contributed by atoms with Crippen LogP contribution in [0.4, 0.5) is 0 Å². The lowest BCUT2D eigenvalue weighted by atomic mass is 10.0. The molecule has 0 bridgehead atoms. The Bertz CT molecular complexity index is 737. The average molecular weight is 351 g/mol. The fourth-order valence-electron chi connectivity index (χ4n) is 3.29. The molecule has 2 aromatic carbocycles. The van der Waals surface area contributed by atoms with E-state index < -0.39 is 0 Å². The van der Waals surface area contributed by atoms with E-state index in [9.17, 15) is 5.26 Å². The minimum absolute atomic E-state index is 0.0760. The van der Waals surface area contributed by atoms with Crippen LogP contribution in [0, 0.1) is 11.3 Å². The summed E-state index contributed by atoms with van der Waals surface area (Å²) in [6.07, 6.45) is 0.463. The van der Waals surface area contributed by atoms with Crippen LogP contribution >= 0.6 is 0 Å². The summed E-state index contributed by atoms with van der Waals surface area (Å²) in [5, 5.41) is 12.7. The Morgan fingerprint density at radius 1 is 1.12 bits per heavy atom. The molecular formula is C21H25N3O2. The maximum atomic E-state index is 9.30. The first-order chi connectivity index (χ1) is 12.8. The minimum atomic E-state index is 0.0760. The molecule has 2 aromatic rings. The van der Waals surface area contributed by atoms with Gasteiger partial charge in [0.2, 0.25) is 0 Å². The summed E-state index contributed by atoms with van der Waals surface area (Å²) >= 11 is 0. The highest BCUT2D eigenvalue weighted by atomic mass is 16.5. The molecule has 5 nitrogen and oxygen atoms in total. The Kier molecular flexibility index (Phi) is 6.48. The summed E-state index contributed by atoms with van der Waals surface area (Å²) in [5.74, 6) is 1.42. The molecule has 0 amide bonds. The molecule has 1 saturated heterocycles. The normalized spacial score (nSPS) is 15.8. The van der Waals surface area contributed by atoms with Crippen LogP contribution in [0.3, 0.4) is 0 Å². The van der Waals surface area contributed by atoms with Crippen LogP contribution < -0.4 is 14.8 Å². The highest BCUT2D eigenvalue weighted by molar-refractivity contribution is 5.44. The standard InChI is InChI=1S/C21H25N3O2/c1-25-20-8-7-18(19(9-10-22)24-13-11-23-12-14-24)15-21(20)26-16-17-5-3-2-4-6-17/h2-8,15,19,23H,9,11-14,16H2,1H3/t19-/m1/s1. The third kappa shape index (κ3) is 4.54. The van der Waals surface area contributed by atoms with Gasteiger partial charge in [0.25, 0.3) is 0 Å². The van der Waals surface area contributed by atoms with Crippen molar-refractivity contribution in [3.05, 3.63) is 59.7 Å². The second-order valence-electron chi connectivity index (χ2n) is 6.35. The van der Waals surface area contributed by atoms with E-state index in [0.29, 0.717) is 24.5 Å². The molecule has 5 heteroatoms. The number of methoxy groups -OCH3 is 1. The Labute approximate surface area is 155 Å². The van der Waals surface area contributed by atoms with E-state index in [1.807, 2.05) is 48.5 Å². The molecule has 3 rings (SSSR count). The Balaban J connectivity index is 1.81. The Morgan fingerprint density at radius 3 is 2.58 bits per heavy atom. The van der Waals surface area contributed by atoms with Crippen molar-refractivity contribution in [2.75, 3.05) is 33.3 Å². The van der Waals surface area contributed by atoms with Crippen molar-refractivity contribution in [2.45, 2.75) is 19.1 Å². The number of piperazine rings is 1. The number of benzene rings is 2. The van der Waals surface area contributed by atoms with Crippen LogP contribution in [-0.2, 0) is 6.61 Å². The molecule has 0 aliphatic carbocycles. The van der Waals surface area contributed by atoms with Crippen molar-refractivity contribution < 1.29 is 9.47 Å². The van der Waals surface area contributed by atoms with Gasteiger partial charge in [-0.25, -0.2) is 0 Å². The first-order valence-corrected chi connectivity index (χ1v) is 8.98. The molecule has 1 N–H and O–H groups in total. The van der Waals surface area contributed by atoms with Crippen LogP contribution in [-0.4, -0.2) is 38.2 Å². The minimum Gasteiger partial charge on any atom is -0.493 e. The second-order valence-corrected chi connectivity index (χ2v) is 6.35. The molecule has 1 heterocycles. The van der Waals surface area contributed by atoms with Gasteiger partial charge in [-0.3, -0.25) is 4.90 Å². The summed E-state index contributed by atoms with van der Waals surface area (Å²) in [4.78, 5) is 2.36. The highest BCUT2D eigenvalue weighted by Gasteiger charge is 2.23. The molecule has 1 atom stereocenters. The molecule has 1 aliphatic heterocycles. The van der Waals surface area contributed by atoms with Crippen molar-refractivity contribution in [3.8, 4) is 17.6 Å². The maximum absolute atomic E-state index is 9.30. The second kappa shape index (κ2) is 9.23. The third-order valence-electron chi connectivity index (χ3n) is 4.69. The largest absolute Gasteiger partial charge is 0.493 e. The molecule has 0 spiro atoms. The third-order valence-corrected chi connectivity index (χ3v) is 4.69. The fourth-order valence-corrected chi connectivity index (χ4v) is 3.29. The molecule has 1 fully saturated rings. The van der Waals surface area contributed by atoms with Crippen LogP contribution in [0.5, 0.6) is 11.5 Å². The number of nitrogens with zero attached hydrogens (tertiary/aromatic N) is 2. The van der Waals surface area contributed by atoms with E-state index in [1.165, 1.54) is 0 Å². The number of hydrogen-bond donors (Lipinski definition) is 1. The lowest BCUT2D eigenvalue weighted by Crippen LogP contribution is -2.45. The number of nitrogens with one attached hydrogen (secondary N) is 1. The quantitative estimate of drug-likeness (QED) is 0.830. The van der Waals surface area contributed by atoms with Gasteiger partial charge in [-0.2, -0.15) is 5.26 Å². The van der Waals surface area contributed by atoms with Crippen LogP contribution in [0.15, 0.2) is 48.5 Å². The molecule has 1 aliphatic rings. The van der Waals surface area contributed by atoms with Gasteiger partial charge in [-0.05, 0) is 23.3 Å². The van der Waals surface area contributed by atoms with E-state index in [2.05, 4.69) is 16.3 Å². The summed E-state index contributed by atoms with van der Waals surface area (Å²) in [5.41, 5.74) is 2.20. The van der Waals surface area contributed by atoms with Crippen LogP contribution in [0.1, 0.15) is 23.6 Å². The Morgan fingerprint density at radius 2 is 1.88 bits per heavy atom. The first kappa shape index (κ1) is 18.2. The molecule has 136 valence electrons. The average Bonchev–Trinajstić information content (AvgIpc) is 2.71. The molecule has 0 radical (unpaired) electrons. The van der Waals surface area contributed by atoms with E-state index in [-0.39, 0.29) is 6.04 Å². The van der Waals surface area contributed by atoms with Crippen molar-refractivity contribution in [1.29, 1.82) is 5.26 Å². The van der Waals surface area contributed by atoms with Crippen LogP contribution in [0.25, 0.3) is 0 Å². The van der Waals surface area contributed by atoms with Gasteiger partial charge < -0.3 is 14.8 Å². The monoisotopic (exact) mass is 351 g/mol. The van der Waals surface area contributed by atoms with E-state index in [1.54, 1.807) is 7.11 Å². The van der Waals surface area contributed by atoms with Gasteiger partial charge in [0, 0.05) is 32.2 Å². The summed E-state index contributed by atoms with van der Waals surface area (Å²) in [7, 11) is 1.65. The van der Waals surface area contributed by atoms with E-state index in [0.717, 1.165) is 37.3 Å². The Hall–Kier alpha value is -2.55. The SMILES string of the molecule is COc1ccc([C@@H](CC#N)N2CCNCC2)cc1OCc1ccccc1. The smallest absolute Gasteiger partial charge is 0.161 e. The summed E-state index contributed by atoms with van der Waals surface area (Å²) in [6, 6.07) is 18.5. The van der Waals surface area contributed by atoms with Gasteiger partial charge >= 0.3 is 0 Å². The van der Waals surface area contributed by atoms with E-state index in [4.69, 9.17) is 9.47 Å². The predicted octanol–water partition coefficient (Wildman–Crippen LogP) is 3.13. The topological polar surface area (TPSA) is 57.5 Å². The van der Waals surface area contributed by atoms with Crippen molar-refractivity contribution in [2.24, 2.45) is 0 Å². The highest BCUT2D eigenvalue weighted by Crippen LogP contribution is 2.34. The van der Waals surface area contributed by atoms with Gasteiger partial charge in [0.1, 0.15) is 6.61 Å². The van der Waals surface area contributed by atoms with Crippen molar-refractivity contribution >= 4 is 0 Å². The van der Waals surface area contributed by atoms with Gasteiger partial charge in [-0.15, -0.1) is 0 Å². The lowest BCUT2D eigenvalue weighted by molar-refractivity contribution is 0.175. The van der Waals surface area contributed by atoms with Crippen molar-refractivity contribution in [1.82, 2.24) is 10.2 Å². The zero-order chi connectivity index (χ0) is 18.2. The van der Waals surface area contributed by atoms with Gasteiger partial charge in [-0.1, -0.05) is 36.4 Å². The summed E-state index contributed by atoms with van der Waals surface area (Å²) < 4.78 is 11.5. The number of hydrogen-bond acceptors (Lipinski definition) is 5. The van der Waals surface area contributed by atoms with Crippen molar-refractivity contribution in [3.63, 3.8) is 0 Å². The number of nitriles is 1. The van der Waals surface area contributed by atoms with Gasteiger partial charge in [0.15, 0.2) is 11.5 Å². The zero-order valence-electron chi connectivity index (χ0n) is 15.1. The number of ether oxygens (including phenoxy) is 2.